The number of ether oxygens (including phenoxy) is 1. The average Bonchev–Trinajstić information content (AvgIpc) is 3.08. The zero-order valence-electron chi connectivity index (χ0n) is 11.0. The van der Waals surface area contributed by atoms with E-state index in [0.717, 1.165) is 31.7 Å². The number of aliphatic hydroxyl groups excluding tert-OH is 1. The quantitative estimate of drug-likeness (QED) is 0.834. The molecule has 3 rings (SSSR count). The van der Waals surface area contributed by atoms with Gasteiger partial charge in [-0.2, -0.15) is 0 Å². The number of carbonyl (C=O) groups is 1. The molecule has 0 aromatic carbocycles. The molecule has 0 radical (unpaired) electrons. The summed E-state index contributed by atoms with van der Waals surface area (Å²) < 4.78 is 10.1. The maximum atomic E-state index is 11.3. The summed E-state index contributed by atoms with van der Waals surface area (Å²) >= 11 is 0. The summed E-state index contributed by atoms with van der Waals surface area (Å²) in [6.07, 6.45) is 1.92. The van der Waals surface area contributed by atoms with Crippen molar-refractivity contribution in [2.24, 2.45) is 11.8 Å². The first kappa shape index (κ1) is 12.7. The molecule has 0 spiro atoms. The van der Waals surface area contributed by atoms with E-state index in [-0.39, 0.29) is 11.9 Å². The maximum Gasteiger partial charge on any atom is 0.373 e. The van der Waals surface area contributed by atoms with Crippen LogP contribution in [0.3, 0.4) is 0 Å². The van der Waals surface area contributed by atoms with Crippen molar-refractivity contribution >= 4 is 5.97 Å². The van der Waals surface area contributed by atoms with Gasteiger partial charge < -0.3 is 14.3 Å². The van der Waals surface area contributed by atoms with Gasteiger partial charge in [-0.3, -0.25) is 4.90 Å². The van der Waals surface area contributed by atoms with E-state index in [4.69, 9.17) is 4.42 Å². The number of nitrogens with zero attached hydrogens (tertiary/aromatic N) is 1. The van der Waals surface area contributed by atoms with Gasteiger partial charge in [0.05, 0.1) is 19.8 Å². The molecular formula is C14H19NO4. The Kier molecular flexibility index (Phi) is 3.33. The molecule has 3 unspecified atom stereocenters. The fourth-order valence-corrected chi connectivity index (χ4v) is 3.35. The summed E-state index contributed by atoms with van der Waals surface area (Å²) in [6, 6.07) is 3.46. The van der Waals surface area contributed by atoms with Gasteiger partial charge in [0.1, 0.15) is 5.76 Å². The Labute approximate surface area is 112 Å². The van der Waals surface area contributed by atoms with E-state index in [1.807, 2.05) is 6.07 Å². The Bertz CT molecular complexity index is 470. The van der Waals surface area contributed by atoms with Crippen LogP contribution in [0.2, 0.25) is 0 Å². The second-order valence-corrected chi connectivity index (χ2v) is 5.52. The van der Waals surface area contributed by atoms with Crippen LogP contribution in [0.15, 0.2) is 16.5 Å². The van der Waals surface area contributed by atoms with Gasteiger partial charge in [0.25, 0.3) is 0 Å². The van der Waals surface area contributed by atoms with Crippen molar-refractivity contribution in [1.29, 1.82) is 0 Å². The molecule has 2 fully saturated rings. The average molecular weight is 265 g/mol. The number of rotatable bonds is 3. The van der Waals surface area contributed by atoms with E-state index in [0.29, 0.717) is 18.4 Å². The highest BCUT2D eigenvalue weighted by Gasteiger charge is 2.41. The van der Waals surface area contributed by atoms with Crippen molar-refractivity contribution in [3.05, 3.63) is 23.7 Å². The minimum atomic E-state index is -0.444. The zero-order chi connectivity index (χ0) is 13.4. The molecule has 1 aromatic rings. The van der Waals surface area contributed by atoms with Crippen LogP contribution in [-0.4, -0.2) is 42.3 Å². The molecule has 5 heteroatoms. The van der Waals surface area contributed by atoms with Gasteiger partial charge in [0, 0.05) is 19.0 Å². The minimum Gasteiger partial charge on any atom is -0.463 e. The first-order valence-electron chi connectivity index (χ1n) is 6.75. The molecule has 1 saturated heterocycles. The number of hydrogen-bond acceptors (Lipinski definition) is 5. The normalized spacial score (nSPS) is 30.5. The SMILES string of the molecule is COC(=O)c1ccc(CN2CC3CCC(O)C3C2)o1. The molecule has 0 bridgehead atoms. The molecule has 19 heavy (non-hydrogen) atoms. The molecule has 5 nitrogen and oxygen atoms in total. The molecule has 3 atom stereocenters. The predicted octanol–water partition coefficient (Wildman–Crippen LogP) is 1.27. The largest absolute Gasteiger partial charge is 0.463 e. The molecule has 1 saturated carbocycles. The lowest BCUT2D eigenvalue weighted by atomic mass is 10.00. The zero-order valence-corrected chi connectivity index (χ0v) is 11.0. The van der Waals surface area contributed by atoms with Crippen LogP contribution in [0.4, 0.5) is 0 Å². The lowest BCUT2D eigenvalue weighted by Gasteiger charge is -2.16. The highest BCUT2D eigenvalue weighted by Crippen LogP contribution is 2.38. The fraction of sp³-hybridized carbons (Fsp3) is 0.643. The predicted molar refractivity (Wildman–Crippen MR) is 67.5 cm³/mol. The monoisotopic (exact) mass is 265 g/mol. The summed E-state index contributed by atoms with van der Waals surface area (Å²) in [5, 5.41) is 9.88. The van der Waals surface area contributed by atoms with Gasteiger partial charge >= 0.3 is 5.97 Å². The molecule has 1 aliphatic heterocycles. The van der Waals surface area contributed by atoms with E-state index in [1.165, 1.54) is 7.11 Å². The first-order chi connectivity index (χ1) is 9.17. The second-order valence-electron chi connectivity index (χ2n) is 5.52. The maximum absolute atomic E-state index is 11.3. The van der Waals surface area contributed by atoms with Gasteiger partial charge in [0.2, 0.25) is 5.76 Å². The van der Waals surface area contributed by atoms with Crippen LogP contribution in [0.1, 0.15) is 29.2 Å². The molecule has 0 amide bonds. The number of carbonyl (C=O) groups excluding carboxylic acids is 1. The van der Waals surface area contributed by atoms with Crippen LogP contribution in [0, 0.1) is 11.8 Å². The first-order valence-corrected chi connectivity index (χ1v) is 6.75. The van der Waals surface area contributed by atoms with Gasteiger partial charge in [-0.25, -0.2) is 4.79 Å². The third kappa shape index (κ3) is 2.40. The molecule has 1 aromatic heterocycles. The number of furan rings is 1. The van der Waals surface area contributed by atoms with Crippen LogP contribution in [0.5, 0.6) is 0 Å². The van der Waals surface area contributed by atoms with Crippen molar-refractivity contribution in [2.75, 3.05) is 20.2 Å². The molecule has 1 aliphatic carbocycles. The van der Waals surface area contributed by atoms with E-state index in [2.05, 4.69) is 9.64 Å². The van der Waals surface area contributed by atoms with E-state index in [9.17, 15) is 9.90 Å². The van der Waals surface area contributed by atoms with Crippen molar-refractivity contribution in [3.8, 4) is 0 Å². The number of fused-ring (bicyclic) bond motifs is 1. The lowest BCUT2D eigenvalue weighted by Crippen LogP contribution is -2.24. The number of hydrogen-bond donors (Lipinski definition) is 1. The topological polar surface area (TPSA) is 62.9 Å². The Hall–Kier alpha value is -1.33. The number of aliphatic hydroxyl groups is 1. The summed E-state index contributed by atoms with van der Waals surface area (Å²) in [4.78, 5) is 13.6. The van der Waals surface area contributed by atoms with Crippen LogP contribution < -0.4 is 0 Å². The number of methoxy groups -OCH3 is 1. The highest BCUT2D eigenvalue weighted by atomic mass is 16.5. The van der Waals surface area contributed by atoms with Crippen molar-refractivity contribution < 1.29 is 19.1 Å². The van der Waals surface area contributed by atoms with Gasteiger partial charge in [-0.1, -0.05) is 0 Å². The van der Waals surface area contributed by atoms with Gasteiger partial charge in [-0.15, -0.1) is 0 Å². The Balaban J connectivity index is 1.61. The second kappa shape index (κ2) is 4.98. The van der Waals surface area contributed by atoms with E-state index in [1.54, 1.807) is 6.07 Å². The molecule has 2 heterocycles. The summed E-state index contributed by atoms with van der Waals surface area (Å²) in [5.74, 6) is 1.60. The molecule has 104 valence electrons. The number of esters is 1. The van der Waals surface area contributed by atoms with Crippen molar-refractivity contribution in [1.82, 2.24) is 4.90 Å². The Morgan fingerprint density at radius 2 is 2.32 bits per heavy atom. The third-order valence-corrected chi connectivity index (χ3v) is 4.32. The summed E-state index contributed by atoms with van der Waals surface area (Å²) in [5.41, 5.74) is 0. The summed E-state index contributed by atoms with van der Waals surface area (Å²) in [6.45, 7) is 2.62. The van der Waals surface area contributed by atoms with E-state index < -0.39 is 5.97 Å². The van der Waals surface area contributed by atoms with Gasteiger partial charge in [0.15, 0.2) is 0 Å². The summed E-state index contributed by atoms with van der Waals surface area (Å²) in [7, 11) is 1.34. The highest BCUT2D eigenvalue weighted by molar-refractivity contribution is 5.86. The molecule has 2 aliphatic rings. The van der Waals surface area contributed by atoms with E-state index >= 15 is 0 Å². The van der Waals surface area contributed by atoms with Gasteiger partial charge in [-0.05, 0) is 30.9 Å². The Morgan fingerprint density at radius 1 is 1.47 bits per heavy atom. The van der Waals surface area contributed by atoms with Crippen LogP contribution >= 0.6 is 0 Å². The standard InChI is InChI=1S/C14H19NO4/c1-18-14(17)13-5-3-10(19-13)7-15-6-9-2-4-12(16)11(9)8-15/h3,5,9,11-12,16H,2,4,6-8H2,1H3. The van der Waals surface area contributed by atoms with Crippen LogP contribution in [0.25, 0.3) is 0 Å². The van der Waals surface area contributed by atoms with Crippen molar-refractivity contribution in [2.45, 2.75) is 25.5 Å². The van der Waals surface area contributed by atoms with Crippen LogP contribution in [-0.2, 0) is 11.3 Å². The molecule has 1 N–H and O–H groups in total. The fourth-order valence-electron chi connectivity index (χ4n) is 3.35. The smallest absolute Gasteiger partial charge is 0.373 e. The van der Waals surface area contributed by atoms with Crippen molar-refractivity contribution in [3.63, 3.8) is 0 Å². The number of likely N-dealkylation sites (tertiary alicyclic amines) is 1. The molecular weight excluding hydrogens is 246 g/mol. The minimum absolute atomic E-state index is 0.141. The lowest BCUT2D eigenvalue weighted by molar-refractivity contribution is 0.0561. The third-order valence-electron chi connectivity index (χ3n) is 4.32. The Morgan fingerprint density at radius 3 is 3.05 bits per heavy atom.